The van der Waals surface area contributed by atoms with Gasteiger partial charge in [0.25, 0.3) is 0 Å². The average Bonchev–Trinajstić information content (AvgIpc) is 2.72. The van der Waals surface area contributed by atoms with Crippen LogP contribution in [0.2, 0.25) is 10.0 Å². The number of rotatable bonds is 10. The van der Waals surface area contributed by atoms with Crippen LogP contribution in [0.25, 0.3) is 0 Å². The van der Waals surface area contributed by atoms with Crippen LogP contribution >= 0.6 is 35.0 Å². The highest BCUT2D eigenvalue weighted by molar-refractivity contribution is 8.00. The lowest BCUT2D eigenvalue weighted by Gasteiger charge is -2.31. The molecule has 2 rings (SSSR count). The predicted octanol–water partition coefficient (Wildman–Crippen LogP) is 5.42. The van der Waals surface area contributed by atoms with Gasteiger partial charge in [0, 0.05) is 28.0 Å². The van der Waals surface area contributed by atoms with Crippen LogP contribution < -0.4 is 5.32 Å². The molecule has 0 saturated heterocycles. The smallest absolute Gasteiger partial charge is 0.242 e. The molecule has 0 fully saturated rings. The summed E-state index contributed by atoms with van der Waals surface area (Å²) in [5, 5.41) is 4.15. The molecular weight excluding hydrogens is 427 g/mol. The minimum atomic E-state index is -0.545. The number of halogens is 2. The van der Waals surface area contributed by atoms with Gasteiger partial charge in [-0.05, 0) is 48.7 Å². The van der Waals surface area contributed by atoms with E-state index in [1.54, 1.807) is 23.1 Å². The summed E-state index contributed by atoms with van der Waals surface area (Å²) in [6.45, 7) is 4.78. The first kappa shape index (κ1) is 23.6. The standard InChI is InChI=1S/C22H26Cl2N2O2S/c1-3-13-25-22(28)20(4-2)26(14-16-7-5-6-8-19(16)24)21(27)15-29-18-11-9-17(23)10-12-18/h5-12,20H,3-4,13-15H2,1-2H3,(H,25,28). The lowest BCUT2D eigenvalue weighted by Crippen LogP contribution is -2.49. The van der Waals surface area contributed by atoms with Crippen molar-refractivity contribution in [3.05, 3.63) is 64.1 Å². The monoisotopic (exact) mass is 452 g/mol. The molecular formula is C22H26Cl2N2O2S. The van der Waals surface area contributed by atoms with E-state index < -0.39 is 6.04 Å². The zero-order valence-corrected chi connectivity index (χ0v) is 19.0. The van der Waals surface area contributed by atoms with Gasteiger partial charge in [0.15, 0.2) is 0 Å². The van der Waals surface area contributed by atoms with Crippen molar-refractivity contribution in [1.82, 2.24) is 10.2 Å². The molecule has 156 valence electrons. The summed E-state index contributed by atoms with van der Waals surface area (Å²) in [7, 11) is 0. The van der Waals surface area contributed by atoms with Gasteiger partial charge in [0.1, 0.15) is 6.04 Å². The van der Waals surface area contributed by atoms with Gasteiger partial charge in [-0.3, -0.25) is 9.59 Å². The second-order valence-electron chi connectivity index (χ2n) is 6.57. The van der Waals surface area contributed by atoms with Crippen LogP contribution in [0.15, 0.2) is 53.4 Å². The van der Waals surface area contributed by atoms with Gasteiger partial charge in [0.2, 0.25) is 11.8 Å². The molecule has 0 aromatic heterocycles. The van der Waals surface area contributed by atoms with Crippen LogP contribution in [0.5, 0.6) is 0 Å². The van der Waals surface area contributed by atoms with Gasteiger partial charge in [-0.2, -0.15) is 0 Å². The zero-order chi connectivity index (χ0) is 21.2. The molecule has 1 N–H and O–H groups in total. The fourth-order valence-corrected chi connectivity index (χ4v) is 3.96. The lowest BCUT2D eigenvalue weighted by atomic mass is 10.1. The molecule has 2 aromatic carbocycles. The molecule has 0 aliphatic carbocycles. The second kappa shape index (κ2) is 12.1. The van der Waals surface area contributed by atoms with Crippen molar-refractivity contribution in [2.24, 2.45) is 0 Å². The maximum Gasteiger partial charge on any atom is 0.242 e. The molecule has 0 radical (unpaired) electrons. The number of hydrogen-bond donors (Lipinski definition) is 1. The highest BCUT2D eigenvalue weighted by Crippen LogP contribution is 2.24. The molecule has 0 aliphatic rings. The lowest BCUT2D eigenvalue weighted by molar-refractivity contribution is -0.139. The average molecular weight is 453 g/mol. The Bertz CT molecular complexity index is 815. The number of carbonyl (C=O) groups is 2. The van der Waals surface area contributed by atoms with Crippen LogP contribution in [0.4, 0.5) is 0 Å². The molecule has 4 nitrogen and oxygen atoms in total. The number of amides is 2. The van der Waals surface area contributed by atoms with Crippen molar-refractivity contribution in [2.75, 3.05) is 12.3 Å². The van der Waals surface area contributed by atoms with E-state index in [9.17, 15) is 9.59 Å². The Morgan fingerprint density at radius 3 is 2.38 bits per heavy atom. The van der Waals surface area contributed by atoms with E-state index in [-0.39, 0.29) is 24.1 Å². The molecule has 0 aliphatic heterocycles. The number of thioether (sulfide) groups is 1. The molecule has 1 unspecified atom stereocenters. The first-order valence-electron chi connectivity index (χ1n) is 9.65. The van der Waals surface area contributed by atoms with Gasteiger partial charge in [-0.25, -0.2) is 0 Å². The Morgan fingerprint density at radius 2 is 1.76 bits per heavy atom. The van der Waals surface area contributed by atoms with Crippen LogP contribution in [0.1, 0.15) is 32.3 Å². The molecule has 0 bridgehead atoms. The van der Waals surface area contributed by atoms with Crippen LogP contribution in [0, 0.1) is 0 Å². The van der Waals surface area contributed by atoms with Gasteiger partial charge < -0.3 is 10.2 Å². The molecule has 29 heavy (non-hydrogen) atoms. The van der Waals surface area contributed by atoms with Crippen LogP contribution in [-0.2, 0) is 16.1 Å². The second-order valence-corrected chi connectivity index (χ2v) is 8.46. The summed E-state index contributed by atoms with van der Waals surface area (Å²) in [4.78, 5) is 28.4. The summed E-state index contributed by atoms with van der Waals surface area (Å²) < 4.78 is 0. The first-order chi connectivity index (χ1) is 14.0. The number of nitrogens with one attached hydrogen (secondary N) is 1. The number of carbonyl (C=O) groups excluding carboxylic acids is 2. The third-order valence-electron chi connectivity index (χ3n) is 4.41. The van der Waals surface area contributed by atoms with Gasteiger partial charge in [0.05, 0.1) is 5.75 Å². The maximum absolute atomic E-state index is 13.1. The van der Waals surface area contributed by atoms with Crippen LogP contribution in [-0.4, -0.2) is 35.1 Å². The Balaban J connectivity index is 2.19. The molecule has 2 aromatic rings. The quantitative estimate of drug-likeness (QED) is 0.489. The van der Waals surface area contributed by atoms with Crippen molar-refractivity contribution in [3.8, 4) is 0 Å². The molecule has 1 atom stereocenters. The number of hydrogen-bond acceptors (Lipinski definition) is 3. The van der Waals surface area contributed by atoms with E-state index in [0.29, 0.717) is 23.0 Å². The number of nitrogens with zero attached hydrogens (tertiary/aromatic N) is 1. The fourth-order valence-electron chi connectivity index (χ4n) is 2.85. The molecule has 7 heteroatoms. The molecule has 0 heterocycles. The topological polar surface area (TPSA) is 49.4 Å². The predicted molar refractivity (Wildman–Crippen MR) is 122 cm³/mol. The van der Waals surface area contributed by atoms with Crippen LogP contribution in [0.3, 0.4) is 0 Å². The summed E-state index contributed by atoms with van der Waals surface area (Å²) in [5.74, 6) is -0.0153. The van der Waals surface area contributed by atoms with E-state index in [2.05, 4.69) is 5.32 Å². The SMILES string of the molecule is CCCNC(=O)C(CC)N(Cc1ccccc1Cl)C(=O)CSc1ccc(Cl)cc1. The zero-order valence-electron chi connectivity index (χ0n) is 16.7. The Labute approximate surface area is 187 Å². The van der Waals surface area contributed by atoms with Gasteiger partial charge in [-0.15, -0.1) is 11.8 Å². The number of benzene rings is 2. The minimum absolute atomic E-state index is 0.108. The maximum atomic E-state index is 13.1. The summed E-state index contributed by atoms with van der Waals surface area (Å²) in [5.41, 5.74) is 0.820. The van der Waals surface area contributed by atoms with E-state index in [0.717, 1.165) is 16.9 Å². The highest BCUT2D eigenvalue weighted by atomic mass is 35.5. The highest BCUT2D eigenvalue weighted by Gasteiger charge is 2.28. The van der Waals surface area contributed by atoms with E-state index in [1.165, 1.54) is 11.8 Å². The third-order valence-corrected chi connectivity index (χ3v) is 6.03. The van der Waals surface area contributed by atoms with Crippen molar-refractivity contribution in [2.45, 2.75) is 44.2 Å². The molecule has 2 amide bonds. The Morgan fingerprint density at radius 1 is 1.07 bits per heavy atom. The molecule has 0 spiro atoms. The van der Waals surface area contributed by atoms with Crippen molar-refractivity contribution in [3.63, 3.8) is 0 Å². The summed E-state index contributed by atoms with van der Waals surface area (Å²) >= 11 is 13.7. The van der Waals surface area contributed by atoms with Gasteiger partial charge >= 0.3 is 0 Å². The van der Waals surface area contributed by atoms with Crippen molar-refractivity contribution < 1.29 is 9.59 Å². The first-order valence-corrected chi connectivity index (χ1v) is 11.4. The van der Waals surface area contributed by atoms with E-state index >= 15 is 0 Å². The van der Waals surface area contributed by atoms with E-state index in [4.69, 9.17) is 23.2 Å². The largest absolute Gasteiger partial charge is 0.354 e. The Kier molecular flexibility index (Phi) is 9.85. The summed E-state index contributed by atoms with van der Waals surface area (Å²) in [6.07, 6.45) is 1.37. The summed E-state index contributed by atoms with van der Waals surface area (Å²) in [6, 6.07) is 14.2. The van der Waals surface area contributed by atoms with Crippen molar-refractivity contribution >= 4 is 46.8 Å². The minimum Gasteiger partial charge on any atom is -0.354 e. The van der Waals surface area contributed by atoms with Gasteiger partial charge in [-0.1, -0.05) is 55.2 Å². The molecule has 0 saturated carbocycles. The van der Waals surface area contributed by atoms with Crippen molar-refractivity contribution in [1.29, 1.82) is 0 Å². The Hall–Kier alpha value is -1.69. The third kappa shape index (κ3) is 7.25. The fraction of sp³-hybridized carbons (Fsp3) is 0.364. The van der Waals surface area contributed by atoms with E-state index in [1.807, 2.05) is 44.2 Å². The normalized spacial score (nSPS) is 11.7.